The van der Waals surface area contributed by atoms with Gasteiger partial charge in [-0.15, -0.1) is 0 Å². The predicted octanol–water partition coefficient (Wildman–Crippen LogP) is 4.07. The van der Waals surface area contributed by atoms with Gasteiger partial charge in [-0.3, -0.25) is 0 Å². The average molecular weight is 292 g/mol. The number of piperidine rings is 1. The summed E-state index contributed by atoms with van der Waals surface area (Å²) in [6, 6.07) is 10.7. The maximum Gasteiger partial charge on any atom is 0.245 e. The fraction of sp³-hybridized carbons (Fsp3) is 0.647. The summed E-state index contributed by atoms with van der Waals surface area (Å²) < 4.78 is 6.67. The largest absolute Gasteiger partial charge is 0.336 e. The lowest BCUT2D eigenvalue weighted by atomic mass is 9.82. The molecular weight excluding hydrogens is 262 g/mol. The molecule has 112 valence electrons. The number of benzene rings is 1. The lowest BCUT2D eigenvalue weighted by molar-refractivity contribution is -0.223. The van der Waals surface area contributed by atoms with Gasteiger partial charge in [0.05, 0.1) is 0 Å². The summed E-state index contributed by atoms with van der Waals surface area (Å²) in [4.78, 5) is 0. The quantitative estimate of drug-likeness (QED) is 0.778. The first-order valence-electron chi connectivity index (χ1n) is 7.70. The van der Waals surface area contributed by atoms with Crippen molar-refractivity contribution in [2.75, 3.05) is 0 Å². The molecular formula is C17H29NOSi. The lowest BCUT2D eigenvalue weighted by Gasteiger charge is -2.54. The summed E-state index contributed by atoms with van der Waals surface area (Å²) in [5.41, 5.74) is 0.224. The van der Waals surface area contributed by atoms with Crippen LogP contribution in [0.5, 0.6) is 0 Å². The third kappa shape index (κ3) is 3.16. The molecule has 0 aromatic heterocycles. The van der Waals surface area contributed by atoms with Crippen LogP contribution in [-0.2, 0) is 4.53 Å². The molecule has 0 amide bonds. The number of hydrogen-bond acceptors (Lipinski definition) is 2. The van der Waals surface area contributed by atoms with Crippen molar-refractivity contribution in [2.45, 2.75) is 71.1 Å². The van der Waals surface area contributed by atoms with Crippen LogP contribution in [0.2, 0.25) is 13.1 Å². The summed E-state index contributed by atoms with van der Waals surface area (Å²) in [6.45, 7) is 13.8. The molecule has 1 heterocycles. The summed E-state index contributed by atoms with van der Waals surface area (Å²) in [6.07, 6.45) is 3.69. The molecule has 1 saturated heterocycles. The van der Waals surface area contributed by atoms with Gasteiger partial charge in [0.25, 0.3) is 0 Å². The van der Waals surface area contributed by atoms with Gasteiger partial charge >= 0.3 is 0 Å². The van der Waals surface area contributed by atoms with Gasteiger partial charge in [-0.05, 0) is 65.2 Å². The molecule has 0 N–H and O–H groups in total. The van der Waals surface area contributed by atoms with Crippen LogP contribution in [0, 0.1) is 0 Å². The Kier molecular flexibility index (Phi) is 4.16. The van der Waals surface area contributed by atoms with Crippen molar-refractivity contribution in [3.05, 3.63) is 30.3 Å². The molecule has 20 heavy (non-hydrogen) atoms. The van der Waals surface area contributed by atoms with Crippen LogP contribution in [0.1, 0.15) is 47.0 Å². The summed E-state index contributed by atoms with van der Waals surface area (Å²) in [7, 11) is -1.92. The molecule has 1 aromatic carbocycles. The molecule has 1 aliphatic heterocycles. The van der Waals surface area contributed by atoms with Crippen molar-refractivity contribution in [3.8, 4) is 0 Å². The fourth-order valence-corrected chi connectivity index (χ4v) is 5.39. The van der Waals surface area contributed by atoms with Crippen LogP contribution in [0.25, 0.3) is 0 Å². The molecule has 0 saturated carbocycles. The zero-order chi connectivity index (χ0) is 15.0. The normalized spacial score (nSPS) is 22.7. The molecule has 0 unspecified atom stereocenters. The number of hydroxylamine groups is 2. The Morgan fingerprint density at radius 2 is 1.45 bits per heavy atom. The van der Waals surface area contributed by atoms with Gasteiger partial charge in [0.1, 0.15) is 0 Å². The molecule has 2 nitrogen and oxygen atoms in total. The molecule has 0 aliphatic carbocycles. The van der Waals surface area contributed by atoms with Crippen LogP contribution in [-0.4, -0.2) is 24.5 Å². The van der Waals surface area contributed by atoms with Gasteiger partial charge in [0.15, 0.2) is 0 Å². The third-order valence-electron chi connectivity index (χ3n) is 4.47. The van der Waals surface area contributed by atoms with E-state index >= 15 is 0 Å². The number of hydrogen-bond donors (Lipinski definition) is 0. The van der Waals surface area contributed by atoms with Crippen molar-refractivity contribution < 1.29 is 4.53 Å². The lowest BCUT2D eigenvalue weighted by Crippen LogP contribution is -2.63. The summed E-state index contributed by atoms with van der Waals surface area (Å²) >= 11 is 0. The van der Waals surface area contributed by atoms with Crippen molar-refractivity contribution in [2.24, 2.45) is 0 Å². The van der Waals surface area contributed by atoms with Crippen LogP contribution >= 0.6 is 0 Å². The maximum atomic E-state index is 6.67. The van der Waals surface area contributed by atoms with E-state index in [9.17, 15) is 0 Å². The van der Waals surface area contributed by atoms with Gasteiger partial charge in [-0.1, -0.05) is 30.3 Å². The number of nitrogens with zero attached hydrogens (tertiary/aromatic N) is 1. The highest BCUT2D eigenvalue weighted by Gasteiger charge is 2.45. The van der Waals surface area contributed by atoms with Crippen molar-refractivity contribution >= 4 is 13.5 Å². The van der Waals surface area contributed by atoms with E-state index in [1.165, 1.54) is 24.4 Å². The molecule has 0 radical (unpaired) electrons. The van der Waals surface area contributed by atoms with Gasteiger partial charge in [-0.25, -0.2) is 0 Å². The molecule has 1 fully saturated rings. The van der Waals surface area contributed by atoms with Gasteiger partial charge in [0, 0.05) is 11.1 Å². The Morgan fingerprint density at radius 3 is 1.95 bits per heavy atom. The molecule has 0 bridgehead atoms. The zero-order valence-corrected chi connectivity index (χ0v) is 14.9. The molecule has 0 atom stereocenters. The Morgan fingerprint density at radius 1 is 0.950 bits per heavy atom. The van der Waals surface area contributed by atoms with E-state index in [0.29, 0.717) is 0 Å². The van der Waals surface area contributed by atoms with E-state index in [1.54, 1.807) is 0 Å². The minimum atomic E-state index is -1.92. The van der Waals surface area contributed by atoms with Crippen LogP contribution in [0.15, 0.2) is 30.3 Å². The standard InChI is InChI=1S/C17H29NOSi/c1-16(2)13-10-14-17(3,4)18(16)19-20(5,6)15-11-8-7-9-12-15/h7-9,11-12H,10,13-14H2,1-6H3. The van der Waals surface area contributed by atoms with E-state index in [2.05, 4.69) is 76.2 Å². The number of rotatable bonds is 3. The summed E-state index contributed by atoms with van der Waals surface area (Å²) in [5, 5.41) is 3.67. The smallest absolute Gasteiger partial charge is 0.245 e. The molecule has 1 aromatic rings. The Labute approximate surface area is 125 Å². The van der Waals surface area contributed by atoms with E-state index in [0.717, 1.165) is 0 Å². The highest BCUT2D eigenvalue weighted by Crippen LogP contribution is 2.39. The molecule has 1 aliphatic rings. The average Bonchev–Trinajstić information content (AvgIpc) is 2.35. The van der Waals surface area contributed by atoms with Crippen molar-refractivity contribution in [1.82, 2.24) is 5.06 Å². The second-order valence-corrected chi connectivity index (χ2v) is 11.5. The third-order valence-corrected chi connectivity index (χ3v) is 6.83. The first-order valence-corrected chi connectivity index (χ1v) is 10.6. The molecule has 3 heteroatoms. The molecule has 2 rings (SSSR count). The highest BCUT2D eigenvalue weighted by molar-refractivity contribution is 6.84. The van der Waals surface area contributed by atoms with E-state index in [-0.39, 0.29) is 11.1 Å². The van der Waals surface area contributed by atoms with Gasteiger partial charge < -0.3 is 4.53 Å². The topological polar surface area (TPSA) is 12.5 Å². The van der Waals surface area contributed by atoms with Crippen LogP contribution in [0.3, 0.4) is 0 Å². The highest BCUT2D eigenvalue weighted by atomic mass is 28.4. The SMILES string of the molecule is CC1(C)CCCC(C)(C)N1O[Si](C)(C)c1ccccc1. The minimum Gasteiger partial charge on any atom is -0.336 e. The zero-order valence-electron chi connectivity index (χ0n) is 13.9. The minimum absolute atomic E-state index is 0.112. The van der Waals surface area contributed by atoms with Crippen LogP contribution < -0.4 is 5.19 Å². The second-order valence-electron chi connectivity index (χ2n) is 7.74. The maximum absolute atomic E-state index is 6.67. The Balaban J connectivity index is 2.26. The first-order chi connectivity index (χ1) is 9.15. The Hall–Kier alpha value is -0.643. The van der Waals surface area contributed by atoms with Gasteiger partial charge in [-0.2, -0.15) is 5.06 Å². The fourth-order valence-electron chi connectivity index (χ4n) is 3.34. The van der Waals surface area contributed by atoms with E-state index < -0.39 is 8.32 Å². The second kappa shape index (κ2) is 5.28. The van der Waals surface area contributed by atoms with Gasteiger partial charge in [0.2, 0.25) is 8.32 Å². The first kappa shape index (κ1) is 15.7. The van der Waals surface area contributed by atoms with E-state index in [1.807, 2.05) is 0 Å². The van der Waals surface area contributed by atoms with Crippen LogP contribution in [0.4, 0.5) is 0 Å². The van der Waals surface area contributed by atoms with Crippen molar-refractivity contribution in [3.63, 3.8) is 0 Å². The van der Waals surface area contributed by atoms with Crippen molar-refractivity contribution in [1.29, 1.82) is 0 Å². The predicted molar refractivity (Wildman–Crippen MR) is 88.5 cm³/mol. The molecule has 0 spiro atoms. The van der Waals surface area contributed by atoms with E-state index in [4.69, 9.17) is 4.53 Å². The summed E-state index contributed by atoms with van der Waals surface area (Å²) in [5.74, 6) is 0. The monoisotopic (exact) mass is 291 g/mol. The Bertz CT molecular complexity index is 437.